The predicted molar refractivity (Wildman–Crippen MR) is 74.4 cm³/mol. The molecule has 9 nitrogen and oxygen atoms in total. The lowest BCUT2D eigenvalue weighted by atomic mass is 10.1. The van der Waals surface area contributed by atoms with Crippen molar-refractivity contribution in [3.8, 4) is 0 Å². The third-order valence-electron chi connectivity index (χ3n) is 2.42. The smallest absolute Gasteiger partial charge is 0.408 e. The highest BCUT2D eigenvalue weighted by Crippen LogP contribution is 2.08. The number of imidazole rings is 1. The molecule has 1 atom stereocenters. The van der Waals surface area contributed by atoms with Crippen LogP contribution < -0.4 is 5.32 Å². The van der Waals surface area contributed by atoms with Gasteiger partial charge in [-0.25, -0.2) is 19.4 Å². The van der Waals surface area contributed by atoms with Gasteiger partial charge < -0.3 is 24.9 Å². The Labute approximate surface area is 127 Å². The van der Waals surface area contributed by atoms with E-state index in [1.165, 1.54) is 13.3 Å². The van der Waals surface area contributed by atoms with E-state index in [2.05, 4.69) is 20.0 Å². The summed E-state index contributed by atoms with van der Waals surface area (Å²) in [5.74, 6) is -1.95. The van der Waals surface area contributed by atoms with Crippen LogP contribution in [-0.2, 0) is 20.7 Å². The van der Waals surface area contributed by atoms with E-state index in [9.17, 15) is 14.4 Å². The lowest BCUT2D eigenvalue weighted by molar-refractivity contribution is -0.139. The molecule has 122 valence electrons. The largest absolute Gasteiger partial charge is 0.480 e. The summed E-state index contributed by atoms with van der Waals surface area (Å²) in [6.07, 6.45) is 0.380. The summed E-state index contributed by atoms with van der Waals surface area (Å²) in [7, 11) is 1.20. The molecule has 0 aliphatic carbocycles. The van der Waals surface area contributed by atoms with E-state index < -0.39 is 29.7 Å². The van der Waals surface area contributed by atoms with Gasteiger partial charge in [-0.05, 0) is 20.8 Å². The molecule has 1 heterocycles. The highest BCUT2D eigenvalue weighted by molar-refractivity contribution is 5.85. The molecule has 1 rings (SSSR count). The van der Waals surface area contributed by atoms with Crippen molar-refractivity contribution in [1.29, 1.82) is 0 Å². The molecular formula is C13H19N3O6. The summed E-state index contributed by atoms with van der Waals surface area (Å²) >= 11 is 0. The molecule has 1 amide bonds. The second kappa shape index (κ2) is 6.92. The number of alkyl carbamates (subject to hydrolysis) is 1. The quantitative estimate of drug-likeness (QED) is 0.682. The van der Waals surface area contributed by atoms with Crippen LogP contribution in [0, 0.1) is 0 Å². The molecule has 1 unspecified atom stereocenters. The summed E-state index contributed by atoms with van der Waals surface area (Å²) in [5, 5.41) is 11.4. The number of carboxylic acids is 1. The Hall–Kier alpha value is -2.58. The Morgan fingerprint density at radius 2 is 2.05 bits per heavy atom. The summed E-state index contributed by atoms with van der Waals surface area (Å²) in [5.41, 5.74) is -0.372. The van der Waals surface area contributed by atoms with Crippen LogP contribution in [0.1, 0.15) is 37.1 Å². The number of amides is 1. The molecule has 0 saturated heterocycles. The molecular weight excluding hydrogens is 294 g/mol. The number of H-pyrrole nitrogens is 1. The van der Waals surface area contributed by atoms with E-state index in [4.69, 9.17) is 9.84 Å². The van der Waals surface area contributed by atoms with Gasteiger partial charge in [0.25, 0.3) is 0 Å². The van der Waals surface area contributed by atoms with E-state index in [1.54, 1.807) is 20.8 Å². The molecule has 1 aromatic rings. The number of carbonyl (C=O) groups is 3. The van der Waals surface area contributed by atoms with Gasteiger partial charge in [0.2, 0.25) is 5.82 Å². The fourth-order valence-electron chi connectivity index (χ4n) is 1.53. The van der Waals surface area contributed by atoms with Crippen molar-refractivity contribution >= 4 is 18.0 Å². The average molecular weight is 313 g/mol. The zero-order valence-corrected chi connectivity index (χ0v) is 12.8. The molecule has 0 spiro atoms. The van der Waals surface area contributed by atoms with Crippen LogP contribution >= 0.6 is 0 Å². The number of hydrogen-bond donors (Lipinski definition) is 3. The summed E-state index contributed by atoms with van der Waals surface area (Å²) in [6, 6.07) is -1.22. The van der Waals surface area contributed by atoms with E-state index in [-0.39, 0.29) is 12.2 Å². The van der Waals surface area contributed by atoms with E-state index >= 15 is 0 Å². The van der Waals surface area contributed by atoms with Gasteiger partial charge in [0, 0.05) is 18.3 Å². The standard InChI is InChI=1S/C13H19N3O6/c1-13(2,3)22-12(20)16-8(10(17)18)5-7-6-14-9(15-7)11(19)21-4/h6,8H,5H2,1-4H3,(H,14,15)(H,16,20)(H,17,18). The maximum atomic E-state index is 11.6. The molecule has 1 aromatic heterocycles. The highest BCUT2D eigenvalue weighted by Gasteiger charge is 2.25. The number of carbonyl (C=O) groups excluding carboxylic acids is 2. The van der Waals surface area contributed by atoms with Gasteiger partial charge in [0.05, 0.1) is 7.11 Å². The van der Waals surface area contributed by atoms with Crippen molar-refractivity contribution in [3.05, 3.63) is 17.7 Å². The molecule has 0 fully saturated rings. The molecule has 0 saturated carbocycles. The SMILES string of the molecule is COC(=O)c1ncc(CC(NC(=O)OC(C)(C)C)C(=O)O)[nH]1. The maximum absolute atomic E-state index is 11.6. The predicted octanol–water partition coefficient (Wildman–Crippen LogP) is 0.717. The maximum Gasteiger partial charge on any atom is 0.408 e. The van der Waals surface area contributed by atoms with Crippen molar-refractivity contribution in [2.75, 3.05) is 7.11 Å². The number of esters is 1. The second-order valence-corrected chi connectivity index (χ2v) is 5.49. The number of nitrogens with zero attached hydrogens (tertiary/aromatic N) is 1. The summed E-state index contributed by atoms with van der Waals surface area (Å²) in [6.45, 7) is 5.00. The van der Waals surface area contributed by atoms with E-state index in [0.29, 0.717) is 5.69 Å². The van der Waals surface area contributed by atoms with Gasteiger partial charge in [-0.2, -0.15) is 0 Å². The van der Waals surface area contributed by atoms with Gasteiger partial charge in [0.15, 0.2) is 0 Å². The first-order valence-corrected chi connectivity index (χ1v) is 6.47. The number of carboxylic acid groups (broad SMARTS) is 1. The summed E-state index contributed by atoms with van der Waals surface area (Å²) < 4.78 is 9.49. The monoisotopic (exact) mass is 313 g/mol. The van der Waals surface area contributed by atoms with Crippen LogP contribution in [-0.4, -0.2) is 51.9 Å². The Balaban J connectivity index is 2.72. The minimum atomic E-state index is -1.24. The number of ether oxygens (including phenoxy) is 2. The number of methoxy groups -OCH3 is 1. The highest BCUT2D eigenvalue weighted by atomic mass is 16.6. The first-order chi connectivity index (χ1) is 10.1. The van der Waals surface area contributed by atoms with Crippen LogP contribution in [0.3, 0.4) is 0 Å². The minimum absolute atomic E-state index is 0.0427. The Kier molecular flexibility index (Phi) is 5.50. The minimum Gasteiger partial charge on any atom is -0.480 e. The average Bonchev–Trinajstić information content (AvgIpc) is 2.83. The molecule has 0 aliphatic heterocycles. The fourth-order valence-corrected chi connectivity index (χ4v) is 1.53. The number of rotatable bonds is 5. The third-order valence-corrected chi connectivity index (χ3v) is 2.42. The zero-order chi connectivity index (χ0) is 16.9. The van der Waals surface area contributed by atoms with Crippen molar-refractivity contribution in [3.63, 3.8) is 0 Å². The topological polar surface area (TPSA) is 131 Å². The second-order valence-electron chi connectivity index (χ2n) is 5.49. The van der Waals surface area contributed by atoms with E-state index in [1.807, 2.05) is 0 Å². The summed E-state index contributed by atoms with van der Waals surface area (Å²) in [4.78, 5) is 40.5. The van der Waals surface area contributed by atoms with Crippen LogP contribution in [0.2, 0.25) is 0 Å². The van der Waals surface area contributed by atoms with Crippen LogP contribution in [0.15, 0.2) is 6.20 Å². The van der Waals surface area contributed by atoms with Gasteiger partial charge in [-0.1, -0.05) is 0 Å². The number of nitrogens with one attached hydrogen (secondary N) is 2. The van der Waals surface area contributed by atoms with Crippen molar-refractivity contribution in [2.45, 2.75) is 38.8 Å². The Morgan fingerprint density at radius 3 is 2.55 bits per heavy atom. The van der Waals surface area contributed by atoms with Gasteiger partial charge >= 0.3 is 18.0 Å². The molecule has 0 bridgehead atoms. The van der Waals surface area contributed by atoms with E-state index in [0.717, 1.165) is 0 Å². The van der Waals surface area contributed by atoms with Gasteiger partial charge in [-0.3, -0.25) is 0 Å². The Morgan fingerprint density at radius 1 is 1.41 bits per heavy atom. The number of hydrogen-bond acceptors (Lipinski definition) is 6. The third kappa shape index (κ3) is 5.43. The number of aromatic amines is 1. The number of aliphatic carboxylic acids is 1. The first-order valence-electron chi connectivity index (χ1n) is 6.47. The van der Waals surface area contributed by atoms with Gasteiger partial charge in [-0.15, -0.1) is 0 Å². The van der Waals surface area contributed by atoms with Crippen molar-refractivity contribution in [2.24, 2.45) is 0 Å². The van der Waals surface area contributed by atoms with Gasteiger partial charge in [0.1, 0.15) is 11.6 Å². The molecule has 22 heavy (non-hydrogen) atoms. The Bertz CT molecular complexity index is 560. The van der Waals surface area contributed by atoms with Crippen molar-refractivity contribution in [1.82, 2.24) is 15.3 Å². The first kappa shape index (κ1) is 17.5. The van der Waals surface area contributed by atoms with Crippen LogP contribution in [0.5, 0.6) is 0 Å². The molecule has 3 N–H and O–H groups in total. The molecule has 0 aliphatic rings. The number of aromatic nitrogens is 2. The van der Waals surface area contributed by atoms with Crippen LogP contribution in [0.4, 0.5) is 4.79 Å². The normalized spacial score (nSPS) is 12.4. The zero-order valence-electron chi connectivity index (χ0n) is 12.8. The van der Waals surface area contributed by atoms with Crippen molar-refractivity contribution < 1.29 is 29.0 Å². The van der Waals surface area contributed by atoms with Crippen LogP contribution in [0.25, 0.3) is 0 Å². The molecule has 0 radical (unpaired) electrons. The lowest BCUT2D eigenvalue weighted by Crippen LogP contribution is -2.44. The lowest BCUT2D eigenvalue weighted by Gasteiger charge is -2.21. The molecule has 9 heteroatoms. The fraction of sp³-hybridized carbons (Fsp3) is 0.538. The molecule has 0 aromatic carbocycles.